The van der Waals surface area contributed by atoms with Crippen LogP contribution < -0.4 is 5.32 Å². The first-order valence-corrected chi connectivity index (χ1v) is 9.04. The zero-order valence-electron chi connectivity index (χ0n) is 13.8. The number of benzene rings is 2. The summed E-state index contributed by atoms with van der Waals surface area (Å²) in [6.45, 7) is 0. The lowest BCUT2D eigenvalue weighted by Crippen LogP contribution is -2.19. The van der Waals surface area contributed by atoms with Crippen LogP contribution in [0.4, 0.5) is 11.4 Å². The van der Waals surface area contributed by atoms with Crippen molar-refractivity contribution in [3.05, 3.63) is 87.7 Å². The number of rotatable bonds is 6. The molecule has 0 fully saturated rings. The Morgan fingerprint density at radius 3 is 2.44 bits per heavy atom. The molecule has 7 nitrogen and oxygen atoms in total. The van der Waals surface area contributed by atoms with Crippen molar-refractivity contribution in [1.29, 1.82) is 0 Å². The third kappa shape index (κ3) is 4.81. The van der Waals surface area contributed by atoms with Crippen LogP contribution in [0.15, 0.2) is 72.1 Å². The fraction of sp³-hybridized carbons (Fsp3) is 0.0556. The predicted molar refractivity (Wildman–Crippen MR) is 104 cm³/mol. The van der Waals surface area contributed by atoms with Crippen molar-refractivity contribution >= 4 is 40.6 Å². The van der Waals surface area contributed by atoms with Crippen molar-refractivity contribution < 1.29 is 9.72 Å². The SMILES string of the molecule is O=C(Nc1ccc([N+](=O)[O-])cc1Cl)[C@@H](Sc1ncccn1)c1ccccc1. The van der Waals surface area contributed by atoms with Crippen molar-refractivity contribution in [1.82, 2.24) is 9.97 Å². The number of amides is 1. The standard InChI is InChI=1S/C18H13ClN4O3S/c19-14-11-13(23(25)26)7-8-15(14)22-17(24)16(12-5-2-1-3-6-12)27-18-20-9-4-10-21-18/h1-11,16H,(H,22,24)/t16-/m0/s1. The number of halogens is 1. The number of nitrogens with zero attached hydrogens (tertiary/aromatic N) is 3. The molecule has 3 rings (SSSR count). The first-order valence-electron chi connectivity index (χ1n) is 7.78. The highest BCUT2D eigenvalue weighted by Crippen LogP contribution is 2.35. The van der Waals surface area contributed by atoms with Gasteiger partial charge >= 0.3 is 0 Å². The summed E-state index contributed by atoms with van der Waals surface area (Å²) in [5, 5.41) is 13.5. The lowest BCUT2D eigenvalue weighted by molar-refractivity contribution is -0.384. The molecule has 27 heavy (non-hydrogen) atoms. The molecule has 3 aromatic rings. The third-order valence-corrected chi connectivity index (χ3v) is 4.98. The third-order valence-electron chi connectivity index (χ3n) is 3.53. The molecule has 0 aliphatic heterocycles. The van der Waals surface area contributed by atoms with Crippen molar-refractivity contribution in [2.45, 2.75) is 10.4 Å². The van der Waals surface area contributed by atoms with E-state index in [2.05, 4.69) is 15.3 Å². The van der Waals surface area contributed by atoms with Gasteiger partial charge in [-0.25, -0.2) is 9.97 Å². The number of hydrogen-bond acceptors (Lipinski definition) is 6. The molecule has 1 amide bonds. The highest BCUT2D eigenvalue weighted by atomic mass is 35.5. The van der Waals surface area contributed by atoms with Crippen LogP contribution in [0.1, 0.15) is 10.8 Å². The number of non-ortho nitro benzene ring substituents is 1. The summed E-state index contributed by atoms with van der Waals surface area (Å²) in [6.07, 6.45) is 3.20. The summed E-state index contributed by atoms with van der Waals surface area (Å²) in [7, 11) is 0. The second-order valence-electron chi connectivity index (χ2n) is 5.35. The van der Waals surface area contributed by atoms with Crippen LogP contribution >= 0.6 is 23.4 Å². The smallest absolute Gasteiger partial charge is 0.271 e. The number of hydrogen-bond donors (Lipinski definition) is 1. The molecule has 136 valence electrons. The topological polar surface area (TPSA) is 98.0 Å². The molecule has 0 saturated heterocycles. The molecule has 1 atom stereocenters. The largest absolute Gasteiger partial charge is 0.323 e. The van der Waals surface area contributed by atoms with Crippen LogP contribution in [0.5, 0.6) is 0 Å². The average Bonchev–Trinajstić information content (AvgIpc) is 2.69. The minimum atomic E-state index is -0.625. The van der Waals surface area contributed by atoms with E-state index in [1.54, 1.807) is 18.5 Å². The van der Waals surface area contributed by atoms with Gasteiger partial charge in [0.2, 0.25) is 5.91 Å². The number of anilines is 1. The lowest BCUT2D eigenvalue weighted by Gasteiger charge is -2.16. The summed E-state index contributed by atoms with van der Waals surface area (Å²) >= 11 is 7.28. The molecular weight excluding hydrogens is 388 g/mol. The van der Waals surface area contributed by atoms with Crippen LogP contribution in [0.2, 0.25) is 5.02 Å². The maximum absolute atomic E-state index is 12.9. The molecule has 0 saturated carbocycles. The van der Waals surface area contributed by atoms with Crippen LogP contribution in [-0.2, 0) is 4.79 Å². The molecule has 2 aromatic carbocycles. The van der Waals surface area contributed by atoms with E-state index in [0.717, 1.165) is 5.56 Å². The molecule has 1 N–H and O–H groups in total. The summed E-state index contributed by atoms with van der Waals surface area (Å²) < 4.78 is 0. The van der Waals surface area contributed by atoms with E-state index < -0.39 is 10.2 Å². The highest BCUT2D eigenvalue weighted by molar-refractivity contribution is 8.00. The van der Waals surface area contributed by atoms with E-state index in [0.29, 0.717) is 10.8 Å². The highest BCUT2D eigenvalue weighted by Gasteiger charge is 2.24. The normalized spacial score (nSPS) is 11.6. The Bertz CT molecular complexity index is 957. The quantitative estimate of drug-likeness (QED) is 0.283. The van der Waals surface area contributed by atoms with E-state index in [4.69, 9.17) is 11.6 Å². The van der Waals surface area contributed by atoms with Crippen molar-refractivity contribution in [3.63, 3.8) is 0 Å². The average molecular weight is 401 g/mol. The van der Waals surface area contributed by atoms with Gasteiger partial charge in [-0.05, 0) is 17.7 Å². The van der Waals surface area contributed by atoms with Gasteiger partial charge < -0.3 is 5.32 Å². The first-order chi connectivity index (χ1) is 13.0. The van der Waals surface area contributed by atoms with Crippen molar-refractivity contribution in [2.24, 2.45) is 0 Å². The summed E-state index contributed by atoms with van der Waals surface area (Å²) in [4.78, 5) is 31.5. The zero-order valence-corrected chi connectivity index (χ0v) is 15.4. The molecule has 1 heterocycles. The predicted octanol–water partition coefficient (Wildman–Crippen LogP) is 4.51. The molecule has 9 heteroatoms. The second kappa shape index (κ2) is 8.61. The number of nitro groups is 1. The van der Waals surface area contributed by atoms with Gasteiger partial charge in [-0.1, -0.05) is 53.7 Å². The number of carbonyl (C=O) groups excluding carboxylic acids is 1. The van der Waals surface area contributed by atoms with Crippen molar-refractivity contribution in [2.75, 3.05) is 5.32 Å². The van der Waals surface area contributed by atoms with Gasteiger partial charge in [0.1, 0.15) is 5.25 Å². The second-order valence-corrected chi connectivity index (χ2v) is 6.83. The van der Waals surface area contributed by atoms with Gasteiger partial charge in [-0.3, -0.25) is 14.9 Å². The Morgan fingerprint density at radius 1 is 1.11 bits per heavy atom. The van der Waals surface area contributed by atoms with E-state index in [1.807, 2.05) is 30.3 Å². The molecule has 0 aliphatic rings. The van der Waals surface area contributed by atoms with Gasteiger partial charge in [-0.15, -0.1) is 0 Å². The number of thioether (sulfide) groups is 1. The number of nitro benzene ring substituents is 1. The molecule has 0 radical (unpaired) electrons. The monoisotopic (exact) mass is 400 g/mol. The molecule has 1 aromatic heterocycles. The first kappa shape index (κ1) is 18.8. The van der Waals surface area contributed by atoms with Gasteiger partial charge in [-0.2, -0.15) is 0 Å². The van der Waals surface area contributed by atoms with E-state index >= 15 is 0 Å². The molecule has 0 aliphatic carbocycles. The van der Waals surface area contributed by atoms with Crippen LogP contribution in [0.3, 0.4) is 0 Å². The maximum atomic E-state index is 12.9. The minimum absolute atomic E-state index is 0.0883. The molecular formula is C18H13ClN4O3S. The summed E-state index contributed by atoms with van der Waals surface area (Å²) in [6, 6.07) is 14.8. The minimum Gasteiger partial charge on any atom is -0.323 e. The van der Waals surface area contributed by atoms with Gasteiger partial charge in [0, 0.05) is 24.5 Å². The van der Waals surface area contributed by atoms with Crippen molar-refractivity contribution in [3.8, 4) is 0 Å². The Hall–Kier alpha value is -2.97. The Morgan fingerprint density at radius 2 is 1.81 bits per heavy atom. The van der Waals surface area contributed by atoms with E-state index in [1.165, 1.54) is 30.0 Å². The molecule has 0 bridgehead atoms. The van der Waals surface area contributed by atoms with Crippen LogP contribution in [-0.4, -0.2) is 20.8 Å². The lowest BCUT2D eigenvalue weighted by atomic mass is 10.1. The number of aromatic nitrogens is 2. The Kier molecular flexibility index (Phi) is 6.00. The maximum Gasteiger partial charge on any atom is 0.271 e. The van der Waals surface area contributed by atoms with Gasteiger partial charge in [0.25, 0.3) is 5.69 Å². The summed E-state index contributed by atoms with van der Waals surface area (Å²) in [5.74, 6) is -0.339. The molecule has 0 spiro atoms. The fourth-order valence-corrected chi connectivity index (χ4v) is 3.41. The van der Waals surface area contributed by atoms with Gasteiger partial charge in [0.05, 0.1) is 15.6 Å². The number of carbonyl (C=O) groups is 1. The van der Waals surface area contributed by atoms with Gasteiger partial charge in [0.15, 0.2) is 5.16 Å². The van der Waals surface area contributed by atoms with E-state index in [9.17, 15) is 14.9 Å². The van der Waals surface area contributed by atoms with Crippen LogP contribution in [0.25, 0.3) is 0 Å². The number of nitrogens with one attached hydrogen (secondary N) is 1. The van der Waals surface area contributed by atoms with E-state index in [-0.39, 0.29) is 16.6 Å². The summed E-state index contributed by atoms with van der Waals surface area (Å²) in [5.41, 5.74) is 0.915. The fourth-order valence-electron chi connectivity index (χ4n) is 2.27. The zero-order chi connectivity index (χ0) is 19.2. The Labute approximate surface area is 164 Å². The molecule has 0 unspecified atom stereocenters. The Balaban J connectivity index is 1.86. The van der Waals surface area contributed by atoms with Crippen LogP contribution in [0, 0.1) is 10.1 Å².